The maximum Gasteiger partial charge on any atom is 0.221 e. The molecule has 0 aromatic heterocycles. The zero-order chi connectivity index (χ0) is 9.84. The molecule has 4 heteroatoms. The number of benzene rings is 1. The molecule has 70 valence electrons. The van der Waals surface area contributed by atoms with Crippen LogP contribution in [0.4, 0.5) is 5.69 Å². The van der Waals surface area contributed by atoms with Gasteiger partial charge in [0.25, 0.3) is 0 Å². The van der Waals surface area contributed by atoms with Crippen LogP contribution in [-0.4, -0.2) is 12.2 Å². The van der Waals surface area contributed by atoms with E-state index in [2.05, 4.69) is 21.2 Å². The minimum atomic E-state index is -0.0469. The lowest BCUT2D eigenvalue weighted by molar-refractivity contribution is -0.114. The van der Waals surface area contributed by atoms with Crippen molar-refractivity contribution in [3.63, 3.8) is 0 Å². The van der Waals surface area contributed by atoms with Crippen molar-refractivity contribution in [2.24, 2.45) is 0 Å². The van der Waals surface area contributed by atoms with Crippen molar-refractivity contribution in [3.8, 4) is 0 Å². The lowest BCUT2D eigenvalue weighted by Gasteiger charge is -2.05. The Balaban J connectivity index is 2.92. The molecule has 1 N–H and O–H groups in total. The molecule has 1 rings (SSSR count). The lowest BCUT2D eigenvalue weighted by atomic mass is 10.3. The molecule has 0 bridgehead atoms. The molecule has 1 aromatic rings. The van der Waals surface area contributed by atoms with E-state index in [-0.39, 0.29) is 5.91 Å². The molecule has 0 fully saturated rings. The molecule has 0 aliphatic carbocycles. The normalized spacial score (nSPS) is 9.77. The summed E-state index contributed by atoms with van der Waals surface area (Å²) >= 11 is 5.06. The second-order valence-corrected chi connectivity index (χ2v) is 4.23. The number of amides is 1. The fraction of sp³-hybridized carbons (Fsp3) is 0.222. The van der Waals surface area contributed by atoms with E-state index in [0.29, 0.717) is 0 Å². The van der Waals surface area contributed by atoms with Gasteiger partial charge in [-0.1, -0.05) is 0 Å². The SMILES string of the molecule is CSc1cc(NC(C)=O)ccc1Br. The average Bonchev–Trinajstić information content (AvgIpc) is 2.07. The summed E-state index contributed by atoms with van der Waals surface area (Å²) in [5.74, 6) is -0.0469. The van der Waals surface area contributed by atoms with E-state index in [4.69, 9.17) is 0 Å². The largest absolute Gasteiger partial charge is 0.326 e. The number of halogens is 1. The Morgan fingerprint density at radius 2 is 2.23 bits per heavy atom. The van der Waals surface area contributed by atoms with Gasteiger partial charge in [-0.2, -0.15) is 0 Å². The van der Waals surface area contributed by atoms with Crippen molar-refractivity contribution in [1.29, 1.82) is 0 Å². The van der Waals surface area contributed by atoms with Gasteiger partial charge in [0.1, 0.15) is 0 Å². The topological polar surface area (TPSA) is 29.1 Å². The summed E-state index contributed by atoms with van der Waals surface area (Å²) in [6.07, 6.45) is 2.00. The molecule has 1 amide bonds. The van der Waals surface area contributed by atoms with Crippen LogP contribution in [0, 0.1) is 0 Å². The maximum atomic E-state index is 10.8. The number of anilines is 1. The number of thioether (sulfide) groups is 1. The molecule has 0 saturated carbocycles. The molecular formula is C9H10BrNOS. The van der Waals surface area contributed by atoms with Crippen molar-refractivity contribution in [1.82, 2.24) is 0 Å². The first-order chi connectivity index (χ1) is 6.13. The Morgan fingerprint density at radius 1 is 1.54 bits per heavy atom. The first-order valence-corrected chi connectivity index (χ1v) is 5.76. The van der Waals surface area contributed by atoms with Gasteiger partial charge >= 0.3 is 0 Å². The van der Waals surface area contributed by atoms with Gasteiger partial charge in [0.2, 0.25) is 5.91 Å². The van der Waals surface area contributed by atoms with Gasteiger partial charge in [0.15, 0.2) is 0 Å². The molecule has 1 aromatic carbocycles. The Bertz CT molecular complexity index is 327. The highest BCUT2D eigenvalue weighted by atomic mass is 79.9. The van der Waals surface area contributed by atoms with Gasteiger partial charge in [-0.25, -0.2) is 0 Å². The van der Waals surface area contributed by atoms with Crippen LogP contribution < -0.4 is 5.32 Å². The summed E-state index contributed by atoms with van der Waals surface area (Å²) in [7, 11) is 0. The molecule has 0 heterocycles. The van der Waals surface area contributed by atoms with Crippen molar-refractivity contribution in [3.05, 3.63) is 22.7 Å². The van der Waals surface area contributed by atoms with Crippen LogP contribution in [0.5, 0.6) is 0 Å². The molecule has 0 atom stereocenters. The van der Waals surface area contributed by atoms with Gasteiger partial charge in [0.05, 0.1) is 0 Å². The van der Waals surface area contributed by atoms with Gasteiger partial charge in [-0.05, 0) is 40.4 Å². The van der Waals surface area contributed by atoms with Crippen LogP contribution in [-0.2, 0) is 4.79 Å². The number of rotatable bonds is 2. The predicted molar refractivity (Wildman–Crippen MR) is 60.2 cm³/mol. The molecule has 0 radical (unpaired) electrons. The van der Waals surface area contributed by atoms with Crippen LogP contribution in [0.25, 0.3) is 0 Å². The number of hydrogen-bond acceptors (Lipinski definition) is 2. The molecule has 2 nitrogen and oxygen atoms in total. The van der Waals surface area contributed by atoms with Gasteiger partial charge < -0.3 is 5.32 Å². The Morgan fingerprint density at radius 3 is 2.77 bits per heavy atom. The summed E-state index contributed by atoms with van der Waals surface area (Å²) in [5, 5.41) is 2.73. The molecule has 0 spiro atoms. The first-order valence-electron chi connectivity index (χ1n) is 3.74. The number of hydrogen-bond donors (Lipinski definition) is 1. The second-order valence-electron chi connectivity index (χ2n) is 2.53. The zero-order valence-electron chi connectivity index (χ0n) is 7.43. The van der Waals surface area contributed by atoms with Gasteiger partial charge in [0, 0.05) is 22.0 Å². The van der Waals surface area contributed by atoms with Crippen molar-refractivity contribution in [2.45, 2.75) is 11.8 Å². The summed E-state index contributed by atoms with van der Waals surface area (Å²) in [6, 6.07) is 5.73. The maximum absolute atomic E-state index is 10.8. The Kier molecular flexibility index (Phi) is 3.81. The molecular weight excluding hydrogens is 250 g/mol. The Labute approximate surface area is 90.2 Å². The Hall–Kier alpha value is -0.480. The average molecular weight is 260 g/mol. The van der Waals surface area contributed by atoms with E-state index < -0.39 is 0 Å². The fourth-order valence-corrected chi connectivity index (χ4v) is 2.18. The summed E-state index contributed by atoms with van der Waals surface area (Å²) in [6.45, 7) is 1.50. The number of carbonyl (C=O) groups is 1. The third-order valence-electron chi connectivity index (χ3n) is 1.47. The highest BCUT2D eigenvalue weighted by Gasteiger charge is 2.00. The summed E-state index contributed by atoms with van der Waals surface area (Å²) in [4.78, 5) is 11.9. The molecule has 0 aliphatic rings. The van der Waals surface area contributed by atoms with E-state index in [1.54, 1.807) is 11.8 Å². The highest BCUT2D eigenvalue weighted by Crippen LogP contribution is 2.28. The van der Waals surface area contributed by atoms with E-state index in [0.717, 1.165) is 15.1 Å². The summed E-state index contributed by atoms with van der Waals surface area (Å²) in [5.41, 5.74) is 0.833. The van der Waals surface area contributed by atoms with Gasteiger partial charge in [-0.15, -0.1) is 11.8 Å². The van der Waals surface area contributed by atoms with E-state index >= 15 is 0 Å². The zero-order valence-corrected chi connectivity index (χ0v) is 9.83. The van der Waals surface area contributed by atoms with Crippen LogP contribution in [0.1, 0.15) is 6.92 Å². The smallest absolute Gasteiger partial charge is 0.221 e. The number of carbonyl (C=O) groups excluding carboxylic acids is 1. The molecule has 13 heavy (non-hydrogen) atoms. The van der Waals surface area contributed by atoms with Crippen molar-refractivity contribution in [2.75, 3.05) is 11.6 Å². The minimum absolute atomic E-state index is 0.0469. The molecule has 0 saturated heterocycles. The van der Waals surface area contributed by atoms with Gasteiger partial charge in [-0.3, -0.25) is 4.79 Å². The van der Waals surface area contributed by atoms with E-state index in [1.807, 2.05) is 24.5 Å². The summed E-state index contributed by atoms with van der Waals surface area (Å²) < 4.78 is 1.05. The third-order valence-corrected chi connectivity index (χ3v) is 3.20. The monoisotopic (exact) mass is 259 g/mol. The number of nitrogens with one attached hydrogen (secondary N) is 1. The predicted octanol–water partition coefficient (Wildman–Crippen LogP) is 3.13. The third kappa shape index (κ3) is 3.04. The van der Waals surface area contributed by atoms with Crippen LogP contribution in [0.15, 0.2) is 27.6 Å². The molecule has 0 aliphatic heterocycles. The second kappa shape index (κ2) is 4.67. The van der Waals surface area contributed by atoms with E-state index in [1.165, 1.54) is 6.92 Å². The van der Waals surface area contributed by atoms with Crippen LogP contribution in [0.3, 0.4) is 0 Å². The molecule has 0 unspecified atom stereocenters. The van der Waals surface area contributed by atoms with Crippen molar-refractivity contribution < 1.29 is 4.79 Å². The highest BCUT2D eigenvalue weighted by molar-refractivity contribution is 9.10. The minimum Gasteiger partial charge on any atom is -0.326 e. The van der Waals surface area contributed by atoms with Crippen LogP contribution in [0.2, 0.25) is 0 Å². The lowest BCUT2D eigenvalue weighted by Crippen LogP contribution is -2.05. The quantitative estimate of drug-likeness (QED) is 0.828. The first kappa shape index (κ1) is 10.6. The fourth-order valence-electron chi connectivity index (χ4n) is 0.941. The van der Waals surface area contributed by atoms with Crippen molar-refractivity contribution >= 4 is 39.3 Å². The van der Waals surface area contributed by atoms with Crippen LogP contribution >= 0.6 is 27.7 Å². The standard InChI is InChI=1S/C9H10BrNOS/c1-6(12)11-7-3-4-8(10)9(5-7)13-2/h3-5H,1-2H3,(H,11,12). The van der Waals surface area contributed by atoms with E-state index in [9.17, 15) is 4.79 Å².